The molecule has 3 rings (SSSR count). The summed E-state index contributed by atoms with van der Waals surface area (Å²) >= 11 is 0. The van der Waals surface area contributed by atoms with Crippen molar-refractivity contribution in [3.63, 3.8) is 0 Å². The highest BCUT2D eigenvalue weighted by atomic mass is 16.5. The van der Waals surface area contributed by atoms with Crippen LogP contribution in [0.15, 0.2) is 49.1 Å². The molecule has 0 aromatic heterocycles. The zero-order valence-corrected chi connectivity index (χ0v) is 13.1. The first-order valence-corrected chi connectivity index (χ1v) is 7.92. The third-order valence-electron chi connectivity index (χ3n) is 4.88. The van der Waals surface area contributed by atoms with Crippen molar-refractivity contribution in [1.29, 1.82) is 0 Å². The first kappa shape index (κ1) is 14.8. The number of ketones is 1. The van der Waals surface area contributed by atoms with Crippen molar-refractivity contribution < 1.29 is 9.53 Å². The molecule has 114 valence electrons. The number of methoxy groups -OCH3 is 1. The van der Waals surface area contributed by atoms with Crippen molar-refractivity contribution >= 4 is 16.6 Å². The van der Waals surface area contributed by atoms with Crippen LogP contribution in [-0.2, 0) is 10.2 Å². The fourth-order valence-electron chi connectivity index (χ4n) is 3.63. The highest BCUT2D eigenvalue weighted by Crippen LogP contribution is 2.41. The molecule has 2 heteroatoms. The molecule has 0 radical (unpaired) electrons. The van der Waals surface area contributed by atoms with Crippen molar-refractivity contribution in [2.45, 2.75) is 37.5 Å². The van der Waals surface area contributed by atoms with Gasteiger partial charge in [0.1, 0.15) is 11.5 Å². The SMILES string of the molecule is C=CC[C@@]1(c2ccc3ccc(OC)cc3c2)CCCCC1=O. The normalized spacial score (nSPS) is 21.8. The Hall–Kier alpha value is -2.09. The van der Waals surface area contributed by atoms with Crippen molar-refractivity contribution in [2.75, 3.05) is 7.11 Å². The molecule has 2 aromatic carbocycles. The van der Waals surface area contributed by atoms with E-state index < -0.39 is 0 Å². The molecule has 1 atom stereocenters. The van der Waals surface area contributed by atoms with E-state index in [1.165, 1.54) is 5.39 Å². The van der Waals surface area contributed by atoms with Crippen LogP contribution in [0.5, 0.6) is 5.75 Å². The van der Waals surface area contributed by atoms with Gasteiger partial charge in [-0.25, -0.2) is 0 Å². The Morgan fingerprint density at radius 3 is 2.73 bits per heavy atom. The first-order chi connectivity index (χ1) is 10.7. The van der Waals surface area contributed by atoms with Crippen LogP contribution in [0.4, 0.5) is 0 Å². The Kier molecular flexibility index (Phi) is 4.02. The molecule has 1 aliphatic rings. The minimum absolute atomic E-state index is 0.362. The average Bonchev–Trinajstić information content (AvgIpc) is 2.56. The molecule has 22 heavy (non-hydrogen) atoms. The lowest BCUT2D eigenvalue weighted by Gasteiger charge is -2.35. The highest BCUT2D eigenvalue weighted by molar-refractivity contribution is 5.93. The Balaban J connectivity index is 2.13. The molecule has 1 aliphatic carbocycles. The zero-order chi connectivity index (χ0) is 15.6. The number of carbonyl (C=O) groups is 1. The molecule has 0 saturated heterocycles. The summed E-state index contributed by atoms with van der Waals surface area (Å²) < 4.78 is 5.32. The second kappa shape index (κ2) is 5.96. The van der Waals surface area contributed by atoms with Gasteiger partial charge in [-0.1, -0.05) is 30.7 Å². The van der Waals surface area contributed by atoms with Crippen molar-refractivity contribution in [1.82, 2.24) is 0 Å². The number of rotatable bonds is 4. The molecule has 0 aliphatic heterocycles. The number of fused-ring (bicyclic) bond motifs is 1. The molecule has 0 N–H and O–H groups in total. The molecule has 0 bridgehead atoms. The fourth-order valence-corrected chi connectivity index (χ4v) is 3.63. The lowest BCUT2D eigenvalue weighted by Crippen LogP contribution is -2.38. The van der Waals surface area contributed by atoms with Gasteiger partial charge in [0.25, 0.3) is 0 Å². The predicted octanol–water partition coefficient (Wildman–Crippen LogP) is 4.81. The molecule has 0 unspecified atom stereocenters. The minimum atomic E-state index is -0.378. The highest BCUT2D eigenvalue weighted by Gasteiger charge is 2.40. The van der Waals surface area contributed by atoms with Crippen LogP contribution in [0, 0.1) is 0 Å². The molecule has 2 nitrogen and oxygen atoms in total. The number of allylic oxidation sites excluding steroid dienone is 1. The first-order valence-electron chi connectivity index (χ1n) is 7.92. The van der Waals surface area contributed by atoms with Gasteiger partial charge in [-0.05, 0) is 53.8 Å². The standard InChI is InChI=1S/C20H22O2/c1-3-11-20(12-5-4-6-19(20)21)17-9-7-15-8-10-18(22-2)14-16(15)13-17/h3,7-10,13-14H,1,4-6,11-12H2,2H3/t20-/m0/s1. The van der Waals surface area contributed by atoms with Gasteiger partial charge in [0.2, 0.25) is 0 Å². The monoisotopic (exact) mass is 294 g/mol. The topological polar surface area (TPSA) is 26.3 Å². The lowest BCUT2D eigenvalue weighted by molar-refractivity contribution is -0.126. The lowest BCUT2D eigenvalue weighted by atomic mass is 9.66. The summed E-state index contributed by atoms with van der Waals surface area (Å²) in [6.45, 7) is 3.88. The molecular formula is C20H22O2. The zero-order valence-electron chi connectivity index (χ0n) is 13.1. The molecule has 0 heterocycles. The van der Waals surface area contributed by atoms with E-state index in [0.29, 0.717) is 12.2 Å². The number of carbonyl (C=O) groups excluding carboxylic acids is 1. The van der Waals surface area contributed by atoms with Gasteiger partial charge < -0.3 is 4.74 Å². The molecule has 1 fully saturated rings. The summed E-state index contributed by atoms with van der Waals surface area (Å²) in [6, 6.07) is 12.4. The minimum Gasteiger partial charge on any atom is -0.497 e. The van der Waals surface area contributed by atoms with Gasteiger partial charge in [-0.3, -0.25) is 4.79 Å². The van der Waals surface area contributed by atoms with Gasteiger partial charge in [-0.15, -0.1) is 6.58 Å². The quantitative estimate of drug-likeness (QED) is 0.757. The summed E-state index contributed by atoms with van der Waals surface area (Å²) in [5.41, 5.74) is 0.745. The van der Waals surface area contributed by atoms with Gasteiger partial charge in [0, 0.05) is 6.42 Å². The van der Waals surface area contributed by atoms with Crippen LogP contribution in [0.1, 0.15) is 37.7 Å². The Bertz CT molecular complexity index is 717. The average molecular weight is 294 g/mol. The molecule has 2 aromatic rings. The van der Waals surface area contributed by atoms with Crippen LogP contribution in [0.2, 0.25) is 0 Å². The van der Waals surface area contributed by atoms with Gasteiger partial charge >= 0.3 is 0 Å². The van der Waals surface area contributed by atoms with Gasteiger partial charge in [0.15, 0.2) is 0 Å². The summed E-state index contributed by atoms with van der Waals surface area (Å²) in [5.74, 6) is 1.21. The van der Waals surface area contributed by atoms with Crippen molar-refractivity contribution in [3.05, 3.63) is 54.6 Å². The number of benzene rings is 2. The maximum Gasteiger partial charge on any atom is 0.143 e. The van der Waals surface area contributed by atoms with Crippen LogP contribution in [0.25, 0.3) is 10.8 Å². The second-order valence-electron chi connectivity index (χ2n) is 6.13. The van der Waals surface area contributed by atoms with E-state index in [1.807, 2.05) is 18.2 Å². The smallest absolute Gasteiger partial charge is 0.143 e. The van der Waals surface area contributed by atoms with E-state index in [1.54, 1.807) is 7.11 Å². The van der Waals surface area contributed by atoms with Crippen LogP contribution in [-0.4, -0.2) is 12.9 Å². The fraction of sp³-hybridized carbons (Fsp3) is 0.350. The summed E-state index contributed by atoms with van der Waals surface area (Å²) in [6.07, 6.45) is 6.34. The number of hydrogen-bond acceptors (Lipinski definition) is 2. The maximum absolute atomic E-state index is 12.7. The summed E-state index contributed by atoms with van der Waals surface area (Å²) in [5, 5.41) is 2.29. The van der Waals surface area contributed by atoms with Crippen molar-refractivity contribution in [3.8, 4) is 5.75 Å². The van der Waals surface area contributed by atoms with E-state index in [2.05, 4.69) is 30.8 Å². The number of hydrogen-bond donors (Lipinski definition) is 0. The Morgan fingerprint density at radius 1 is 1.18 bits per heavy atom. The van der Waals surface area contributed by atoms with E-state index in [4.69, 9.17) is 4.74 Å². The van der Waals surface area contributed by atoms with E-state index >= 15 is 0 Å². The molecule has 0 amide bonds. The molecular weight excluding hydrogens is 272 g/mol. The van der Waals surface area contributed by atoms with Gasteiger partial charge in [-0.2, -0.15) is 0 Å². The number of Topliss-reactive ketones (excluding diaryl/α,β-unsaturated/α-hetero) is 1. The Morgan fingerprint density at radius 2 is 2.00 bits per heavy atom. The second-order valence-corrected chi connectivity index (χ2v) is 6.13. The molecule has 1 saturated carbocycles. The third kappa shape index (κ3) is 2.43. The largest absolute Gasteiger partial charge is 0.497 e. The maximum atomic E-state index is 12.7. The van der Waals surface area contributed by atoms with Gasteiger partial charge in [0.05, 0.1) is 12.5 Å². The van der Waals surface area contributed by atoms with Crippen LogP contribution >= 0.6 is 0 Å². The van der Waals surface area contributed by atoms with Crippen molar-refractivity contribution in [2.24, 2.45) is 0 Å². The molecule has 0 spiro atoms. The predicted molar refractivity (Wildman–Crippen MR) is 90.5 cm³/mol. The van der Waals surface area contributed by atoms with E-state index in [9.17, 15) is 4.79 Å². The third-order valence-corrected chi connectivity index (χ3v) is 4.88. The van der Waals surface area contributed by atoms with Crippen LogP contribution < -0.4 is 4.74 Å². The van der Waals surface area contributed by atoms with E-state index in [0.717, 1.165) is 42.4 Å². The summed E-state index contributed by atoms with van der Waals surface area (Å²) in [7, 11) is 1.68. The Labute approximate surface area is 131 Å². The van der Waals surface area contributed by atoms with E-state index in [-0.39, 0.29) is 5.41 Å². The summed E-state index contributed by atoms with van der Waals surface area (Å²) in [4.78, 5) is 12.7. The van der Waals surface area contributed by atoms with Crippen LogP contribution in [0.3, 0.4) is 0 Å². The number of ether oxygens (including phenoxy) is 1.